The van der Waals surface area contributed by atoms with Crippen LogP contribution in [0.4, 0.5) is 0 Å². The third-order valence-corrected chi connectivity index (χ3v) is 15.1. The lowest BCUT2D eigenvalue weighted by Gasteiger charge is -2.30. The lowest BCUT2D eigenvalue weighted by Crippen LogP contribution is -2.46. The van der Waals surface area contributed by atoms with Gasteiger partial charge in [0.2, 0.25) is 5.91 Å². The summed E-state index contributed by atoms with van der Waals surface area (Å²) in [6, 6.07) is -0.809. The van der Waals surface area contributed by atoms with Gasteiger partial charge in [-0.1, -0.05) is 281 Å². The summed E-state index contributed by atoms with van der Waals surface area (Å²) in [7, 11) is 1.30. The first kappa shape index (κ1) is 69.7. The summed E-state index contributed by atoms with van der Waals surface area (Å²) in [5, 5.41) is 14.0. The van der Waals surface area contributed by atoms with Gasteiger partial charge in [0, 0.05) is 6.42 Å². The van der Waals surface area contributed by atoms with Crippen LogP contribution in [0.3, 0.4) is 0 Å². The minimum Gasteiger partial charge on any atom is -0.756 e. The summed E-state index contributed by atoms with van der Waals surface area (Å²) in [4.78, 5) is 25.5. The van der Waals surface area contributed by atoms with Crippen molar-refractivity contribution in [2.45, 2.75) is 315 Å². The molecule has 1 amide bonds. The van der Waals surface area contributed by atoms with Gasteiger partial charge in [-0.25, -0.2) is 0 Å². The van der Waals surface area contributed by atoms with Gasteiger partial charge in [-0.3, -0.25) is 9.36 Å². The zero-order valence-corrected chi connectivity index (χ0v) is 48.8. The molecule has 2 N–H and O–H groups in total. The van der Waals surface area contributed by atoms with E-state index in [-0.39, 0.29) is 19.1 Å². The van der Waals surface area contributed by atoms with Crippen molar-refractivity contribution in [3.8, 4) is 0 Å². The first-order valence-electron chi connectivity index (χ1n) is 30.8. The van der Waals surface area contributed by atoms with Gasteiger partial charge < -0.3 is 28.8 Å². The second kappa shape index (κ2) is 53.5. The number of nitrogens with zero attached hydrogens (tertiary/aromatic N) is 1. The molecule has 71 heavy (non-hydrogen) atoms. The fraction of sp³-hybridized carbons (Fsp3) is 0.887. The summed E-state index contributed by atoms with van der Waals surface area (Å²) in [5.41, 5.74) is 0. The predicted molar refractivity (Wildman–Crippen MR) is 307 cm³/mol. The summed E-state index contributed by atoms with van der Waals surface area (Å²) in [6.45, 7) is 4.72. The molecule has 0 saturated carbocycles. The second-order valence-corrected chi connectivity index (χ2v) is 23.8. The van der Waals surface area contributed by atoms with Crippen molar-refractivity contribution >= 4 is 13.7 Å². The Bertz CT molecular complexity index is 1250. The van der Waals surface area contributed by atoms with E-state index < -0.39 is 20.0 Å². The van der Waals surface area contributed by atoms with Crippen LogP contribution in [-0.4, -0.2) is 68.5 Å². The Morgan fingerprint density at radius 3 is 1.21 bits per heavy atom. The Morgan fingerprint density at radius 1 is 0.493 bits per heavy atom. The number of quaternary nitrogens is 1. The topological polar surface area (TPSA) is 108 Å². The van der Waals surface area contributed by atoms with Crippen LogP contribution in [0.15, 0.2) is 36.5 Å². The second-order valence-electron chi connectivity index (χ2n) is 22.4. The van der Waals surface area contributed by atoms with Crippen molar-refractivity contribution in [2.75, 3.05) is 40.9 Å². The molecule has 0 aliphatic carbocycles. The Kier molecular flexibility index (Phi) is 52.6. The molecule has 3 atom stereocenters. The number of unbranched alkanes of at least 4 members (excludes halogenated alkanes) is 38. The van der Waals surface area contributed by atoms with Gasteiger partial charge in [-0.2, -0.15) is 0 Å². The molecule has 9 heteroatoms. The average molecular weight is 1020 g/mol. The molecule has 420 valence electrons. The van der Waals surface area contributed by atoms with E-state index in [0.717, 1.165) is 64.2 Å². The molecule has 0 aromatic heterocycles. The summed E-state index contributed by atoms with van der Waals surface area (Å²) in [5.74, 6) is -0.174. The number of carbonyl (C=O) groups is 1. The standard InChI is InChI=1S/C62H121N2O6P/c1-6-8-10-12-14-16-18-20-22-24-26-27-28-29-30-31-32-33-34-35-36-38-39-41-43-45-47-49-51-53-55-61(65)60(59-70-71(67,68)69-58-57-64(3,4)5)63-62(66)56-54-52-50-48-46-44-42-40-37-25-23-21-19-17-15-13-11-9-7-2/h15,17,21,23,37,40,60-61,65H,6-14,16,18-20,22,24-36,38-39,41-59H2,1-5H3,(H-,63,66,67,68)/b17-15-,23-21-,40-37-. The number of aliphatic hydroxyl groups excluding tert-OH is 1. The molecule has 0 aromatic rings. The molecule has 0 aliphatic rings. The number of hydrogen-bond donors (Lipinski definition) is 2. The maximum Gasteiger partial charge on any atom is 0.268 e. The first-order chi connectivity index (χ1) is 34.5. The Morgan fingerprint density at radius 2 is 0.817 bits per heavy atom. The number of hydrogen-bond acceptors (Lipinski definition) is 6. The number of carbonyl (C=O) groups excluding carboxylic acids is 1. The largest absolute Gasteiger partial charge is 0.756 e. The van der Waals surface area contributed by atoms with E-state index in [2.05, 4.69) is 55.6 Å². The highest BCUT2D eigenvalue weighted by Crippen LogP contribution is 2.38. The molecule has 0 radical (unpaired) electrons. The minimum atomic E-state index is -4.58. The van der Waals surface area contributed by atoms with E-state index in [0.29, 0.717) is 23.9 Å². The van der Waals surface area contributed by atoms with E-state index in [9.17, 15) is 19.4 Å². The monoisotopic (exact) mass is 1020 g/mol. The molecule has 0 aliphatic heterocycles. The molecule has 0 bridgehead atoms. The van der Waals surface area contributed by atoms with Gasteiger partial charge in [0.25, 0.3) is 7.82 Å². The highest BCUT2D eigenvalue weighted by Gasteiger charge is 2.24. The van der Waals surface area contributed by atoms with Crippen molar-refractivity contribution in [1.82, 2.24) is 5.32 Å². The lowest BCUT2D eigenvalue weighted by molar-refractivity contribution is -0.870. The van der Waals surface area contributed by atoms with E-state index in [1.54, 1.807) is 0 Å². The van der Waals surface area contributed by atoms with Gasteiger partial charge in [0.15, 0.2) is 0 Å². The molecular weight excluding hydrogens is 900 g/mol. The number of nitrogens with one attached hydrogen (secondary N) is 1. The zero-order valence-electron chi connectivity index (χ0n) is 47.9. The van der Waals surface area contributed by atoms with Crippen LogP contribution in [0.5, 0.6) is 0 Å². The maximum atomic E-state index is 13.0. The number of allylic oxidation sites excluding steroid dienone is 6. The quantitative estimate of drug-likeness (QED) is 0.0272. The maximum absolute atomic E-state index is 13.0. The number of phosphoric ester groups is 1. The average Bonchev–Trinajstić information content (AvgIpc) is 3.33. The normalized spacial score (nSPS) is 14.1. The van der Waals surface area contributed by atoms with E-state index >= 15 is 0 Å². The fourth-order valence-corrected chi connectivity index (χ4v) is 10.0. The molecule has 3 unspecified atom stereocenters. The number of rotatable bonds is 57. The number of amides is 1. The molecule has 0 rings (SSSR count). The van der Waals surface area contributed by atoms with Crippen LogP contribution in [0.2, 0.25) is 0 Å². The van der Waals surface area contributed by atoms with Crippen LogP contribution in [0, 0.1) is 0 Å². The lowest BCUT2D eigenvalue weighted by atomic mass is 10.0. The van der Waals surface area contributed by atoms with Crippen molar-refractivity contribution in [3.63, 3.8) is 0 Å². The smallest absolute Gasteiger partial charge is 0.268 e. The first-order valence-corrected chi connectivity index (χ1v) is 32.3. The summed E-state index contributed by atoms with van der Waals surface area (Å²) < 4.78 is 23.4. The van der Waals surface area contributed by atoms with E-state index in [1.165, 1.54) is 212 Å². The van der Waals surface area contributed by atoms with Crippen LogP contribution in [0.1, 0.15) is 303 Å². The van der Waals surface area contributed by atoms with Crippen molar-refractivity contribution in [2.24, 2.45) is 0 Å². The van der Waals surface area contributed by atoms with Crippen LogP contribution >= 0.6 is 7.82 Å². The molecule has 0 saturated heterocycles. The molecule has 0 heterocycles. The van der Waals surface area contributed by atoms with Crippen LogP contribution < -0.4 is 10.2 Å². The highest BCUT2D eigenvalue weighted by atomic mass is 31.2. The van der Waals surface area contributed by atoms with Gasteiger partial charge >= 0.3 is 0 Å². The van der Waals surface area contributed by atoms with Crippen molar-refractivity contribution in [1.29, 1.82) is 0 Å². The van der Waals surface area contributed by atoms with Crippen molar-refractivity contribution in [3.05, 3.63) is 36.5 Å². The predicted octanol–water partition coefficient (Wildman–Crippen LogP) is 18.3. The van der Waals surface area contributed by atoms with Gasteiger partial charge in [-0.15, -0.1) is 0 Å². The highest BCUT2D eigenvalue weighted by molar-refractivity contribution is 7.45. The summed E-state index contributed by atoms with van der Waals surface area (Å²) in [6.07, 6.45) is 69.1. The SMILES string of the molecule is CCCCC/C=C\C/C=C\C/C=C\CCCCCCCCC(=O)NC(COP(=O)([O-])OCC[N+](C)(C)C)C(O)CCCCCCCCCCCCCCCCCCCCCCCCCCCCCCCC. The third-order valence-electron chi connectivity index (χ3n) is 14.1. The Balaban J connectivity index is 4.08. The fourth-order valence-electron chi connectivity index (χ4n) is 9.29. The Hall–Kier alpha value is -1.28. The molecular formula is C62H121N2O6P. The van der Waals surface area contributed by atoms with E-state index in [1.807, 2.05) is 21.1 Å². The summed E-state index contributed by atoms with van der Waals surface area (Å²) >= 11 is 0. The molecule has 0 fully saturated rings. The van der Waals surface area contributed by atoms with Gasteiger partial charge in [-0.05, 0) is 51.4 Å². The third kappa shape index (κ3) is 56.3. The number of aliphatic hydroxyl groups is 1. The molecule has 8 nitrogen and oxygen atoms in total. The molecule has 0 spiro atoms. The number of likely N-dealkylation sites (N-methyl/N-ethyl adjacent to an activating group) is 1. The minimum absolute atomic E-state index is 0.00932. The van der Waals surface area contributed by atoms with Crippen LogP contribution in [0.25, 0.3) is 0 Å². The molecule has 0 aromatic carbocycles. The number of phosphoric acid groups is 1. The Labute approximate surface area is 442 Å². The van der Waals surface area contributed by atoms with Crippen LogP contribution in [-0.2, 0) is 18.4 Å². The van der Waals surface area contributed by atoms with Crippen molar-refractivity contribution < 1.29 is 32.9 Å². The van der Waals surface area contributed by atoms with Gasteiger partial charge in [0.05, 0.1) is 39.9 Å². The van der Waals surface area contributed by atoms with E-state index in [4.69, 9.17) is 9.05 Å². The zero-order chi connectivity index (χ0) is 52.0. The van der Waals surface area contributed by atoms with Gasteiger partial charge in [0.1, 0.15) is 13.2 Å².